The van der Waals surface area contributed by atoms with Crippen LogP contribution in [0.15, 0.2) is 37.8 Å². The number of thiophene rings is 1. The summed E-state index contributed by atoms with van der Waals surface area (Å²) >= 11 is 1.15. The normalized spacial score (nSPS) is 14.8. The summed E-state index contributed by atoms with van der Waals surface area (Å²) in [5, 5.41) is 16.1. The number of anilines is 1. The number of fused-ring (bicyclic) bond motifs is 2. The van der Waals surface area contributed by atoms with Gasteiger partial charge in [-0.1, -0.05) is 13.3 Å². The number of hydrogen-bond acceptors (Lipinski definition) is 9. The Morgan fingerprint density at radius 1 is 1.34 bits per heavy atom. The molecule has 10 nitrogen and oxygen atoms in total. The van der Waals surface area contributed by atoms with E-state index in [1.807, 2.05) is 6.92 Å². The van der Waals surface area contributed by atoms with E-state index in [0.717, 1.165) is 17.8 Å². The summed E-state index contributed by atoms with van der Waals surface area (Å²) in [4.78, 5) is 17.6. The van der Waals surface area contributed by atoms with Crippen molar-refractivity contribution in [2.45, 2.75) is 37.8 Å². The van der Waals surface area contributed by atoms with E-state index in [9.17, 15) is 18.3 Å². The highest BCUT2D eigenvalue weighted by atomic mass is 32.2. The van der Waals surface area contributed by atoms with Gasteiger partial charge in [-0.05, 0) is 23.9 Å². The molecule has 0 spiro atoms. The standard InChI is InChI=1S/C20H22N4O6S2/c1-3-4-8-24-18-13(6-5-7-21-18)15(25)14(20(24)26)17-22-19-16(32(27,28)23-17)12(10-31-19)9-30-11-29-2/h5-7,10,25H,3-4,8-9,11H2,1-2H3,(H,22,23). The van der Waals surface area contributed by atoms with Gasteiger partial charge >= 0.3 is 0 Å². The van der Waals surface area contributed by atoms with Crippen molar-refractivity contribution < 1.29 is 23.0 Å². The molecule has 0 aromatic carbocycles. The van der Waals surface area contributed by atoms with Crippen molar-refractivity contribution in [3.63, 3.8) is 0 Å². The molecule has 0 bridgehead atoms. The first-order valence-electron chi connectivity index (χ1n) is 9.89. The zero-order valence-corrected chi connectivity index (χ0v) is 19.1. The molecule has 3 aromatic heterocycles. The SMILES string of the molecule is CCCCn1c(=O)c(C2=NS(=O)(=O)c3c(COCOC)csc3N2)c(O)c2cccnc21. The lowest BCUT2D eigenvalue weighted by molar-refractivity contribution is -0.0395. The van der Waals surface area contributed by atoms with Gasteiger partial charge in [0, 0.05) is 25.4 Å². The second kappa shape index (κ2) is 8.98. The molecule has 3 aromatic rings. The maximum atomic E-state index is 13.3. The molecule has 0 amide bonds. The zero-order chi connectivity index (χ0) is 22.9. The third-order valence-corrected chi connectivity index (χ3v) is 7.42. The van der Waals surface area contributed by atoms with Gasteiger partial charge in [-0.2, -0.15) is 8.42 Å². The van der Waals surface area contributed by atoms with Crippen LogP contribution in [-0.2, 0) is 32.6 Å². The van der Waals surface area contributed by atoms with Gasteiger partial charge < -0.3 is 19.9 Å². The van der Waals surface area contributed by atoms with E-state index in [1.54, 1.807) is 17.5 Å². The highest BCUT2D eigenvalue weighted by Gasteiger charge is 2.33. The topological polar surface area (TPSA) is 132 Å². The lowest BCUT2D eigenvalue weighted by atomic mass is 10.1. The van der Waals surface area contributed by atoms with E-state index in [-0.39, 0.29) is 35.4 Å². The minimum absolute atomic E-state index is 0.00407. The summed E-state index contributed by atoms with van der Waals surface area (Å²) in [6.45, 7) is 2.42. The van der Waals surface area contributed by atoms with E-state index in [2.05, 4.69) is 14.7 Å². The summed E-state index contributed by atoms with van der Waals surface area (Å²) in [6, 6.07) is 3.26. The Hall–Kier alpha value is -2.80. The second-order valence-corrected chi connectivity index (χ2v) is 9.54. The quantitative estimate of drug-likeness (QED) is 0.373. The first-order chi connectivity index (χ1) is 15.4. The Morgan fingerprint density at radius 3 is 2.91 bits per heavy atom. The van der Waals surface area contributed by atoms with Crippen LogP contribution >= 0.6 is 11.3 Å². The lowest BCUT2D eigenvalue weighted by Gasteiger charge is -2.19. The van der Waals surface area contributed by atoms with Gasteiger partial charge in [0.1, 0.15) is 33.6 Å². The number of aromatic hydroxyl groups is 1. The van der Waals surface area contributed by atoms with Crippen molar-refractivity contribution in [1.82, 2.24) is 9.55 Å². The van der Waals surface area contributed by atoms with E-state index >= 15 is 0 Å². The van der Waals surface area contributed by atoms with Crippen LogP contribution < -0.4 is 10.9 Å². The molecule has 0 saturated heterocycles. The Morgan fingerprint density at radius 2 is 2.16 bits per heavy atom. The third kappa shape index (κ3) is 3.90. The average molecular weight is 479 g/mol. The molecule has 2 N–H and O–H groups in total. The van der Waals surface area contributed by atoms with Crippen LogP contribution in [0.5, 0.6) is 5.75 Å². The molecule has 0 aliphatic carbocycles. The smallest absolute Gasteiger partial charge is 0.287 e. The molecule has 12 heteroatoms. The van der Waals surface area contributed by atoms with Crippen molar-refractivity contribution in [1.29, 1.82) is 0 Å². The van der Waals surface area contributed by atoms with Crippen molar-refractivity contribution in [3.05, 3.63) is 45.2 Å². The number of nitrogens with zero attached hydrogens (tertiary/aromatic N) is 3. The van der Waals surface area contributed by atoms with Gasteiger partial charge in [-0.3, -0.25) is 9.36 Å². The van der Waals surface area contributed by atoms with Crippen molar-refractivity contribution in [2.24, 2.45) is 4.40 Å². The van der Waals surface area contributed by atoms with Gasteiger partial charge in [0.15, 0.2) is 5.84 Å². The van der Waals surface area contributed by atoms with Gasteiger partial charge in [-0.15, -0.1) is 15.7 Å². The summed E-state index contributed by atoms with van der Waals surface area (Å²) in [5.41, 5.74) is -0.000772. The van der Waals surface area contributed by atoms with E-state index in [1.165, 1.54) is 17.9 Å². The van der Waals surface area contributed by atoms with Gasteiger partial charge in [-0.25, -0.2) is 4.98 Å². The van der Waals surface area contributed by atoms with Crippen molar-refractivity contribution >= 4 is 43.2 Å². The van der Waals surface area contributed by atoms with E-state index in [4.69, 9.17) is 9.47 Å². The van der Waals surface area contributed by atoms with Crippen molar-refractivity contribution in [3.8, 4) is 5.75 Å². The maximum absolute atomic E-state index is 13.3. The van der Waals surface area contributed by atoms with Crippen molar-refractivity contribution in [2.75, 3.05) is 19.2 Å². The number of sulfonamides is 1. The fraction of sp³-hybridized carbons (Fsp3) is 0.350. The van der Waals surface area contributed by atoms with E-state index < -0.39 is 15.6 Å². The minimum atomic E-state index is -4.14. The number of methoxy groups -OCH3 is 1. The monoisotopic (exact) mass is 478 g/mol. The summed E-state index contributed by atoms with van der Waals surface area (Å²) in [5.74, 6) is -0.585. The maximum Gasteiger partial charge on any atom is 0.287 e. The Balaban J connectivity index is 1.85. The molecule has 0 fully saturated rings. The van der Waals surface area contributed by atoms with Crippen LogP contribution in [0.2, 0.25) is 0 Å². The number of aromatic nitrogens is 2. The van der Waals surface area contributed by atoms with Crippen LogP contribution in [0.4, 0.5) is 5.00 Å². The Labute approximate surface area is 188 Å². The van der Waals surface area contributed by atoms with E-state index in [0.29, 0.717) is 34.6 Å². The van der Waals surface area contributed by atoms with Crippen LogP contribution in [0.1, 0.15) is 30.9 Å². The Bertz CT molecular complexity index is 1360. The van der Waals surface area contributed by atoms with Crippen LogP contribution in [0.3, 0.4) is 0 Å². The first-order valence-corrected chi connectivity index (χ1v) is 12.2. The molecule has 0 atom stereocenters. The number of ether oxygens (including phenoxy) is 2. The van der Waals surface area contributed by atoms with Crippen LogP contribution in [0.25, 0.3) is 11.0 Å². The molecule has 0 saturated carbocycles. The number of unbranched alkanes of at least 4 members (excludes halogenated alkanes) is 1. The van der Waals surface area contributed by atoms with Crippen LogP contribution in [0, 0.1) is 0 Å². The number of rotatable bonds is 8. The lowest BCUT2D eigenvalue weighted by Crippen LogP contribution is -2.32. The number of nitrogens with one attached hydrogen (secondary N) is 1. The number of aryl methyl sites for hydroxylation is 1. The summed E-state index contributed by atoms with van der Waals surface area (Å²) in [6.07, 6.45) is 3.10. The summed E-state index contributed by atoms with van der Waals surface area (Å²) < 4.78 is 41.4. The second-order valence-electron chi connectivity index (χ2n) is 7.12. The molecule has 1 aliphatic heterocycles. The molecule has 170 valence electrons. The molecule has 1 aliphatic rings. The fourth-order valence-corrected chi connectivity index (χ4v) is 6.07. The largest absolute Gasteiger partial charge is 0.506 e. The highest BCUT2D eigenvalue weighted by Crippen LogP contribution is 2.38. The molecule has 4 rings (SSSR count). The number of pyridine rings is 2. The number of amidine groups is 1. The molecule has 4 heterocycles. The molecular weight excluding hydrogens is 456 g/mol. The Kier molecular flexibility index (Phi) is 6.29. The molecule has 32 heavy (non-hydrogen) atoms. The third-order valence-electron chi connectivity index (χ3n) is 4.94. The predicted molar refractivity (Wildman–Crippen MR) is 121 cm³/mol. The predicted octanol–water partition coefficient (Wildman–Crippen LogP) is 2.65. The highest BCUT2D eigenvalue weighted by molar-refractivity contribution is 7.90. The molecule has 0 radical (unpaired) electrons. The number of hydrogen-bond donors (Lipinski definition) is 2. The van der Waals surface area contributed by atoms with Crippen LogP contribution in [-0.4, -0.2) is 42.8 Å². The van der Waals surface area contributed by atoms with Gasteiger partial charge in [0.25, 0.3) is 15.6 Å². The van der Waals surface area contributed by atoms with Gasteiger partial charge in [0.05, 0.1) is 12.0 Å². The molecular formula is C20H22N4O6S2. The zero-order valence-electron chi connectivity index (χ0n) is 17.5. The fourth-order valence-electron chi connectivity index (χ4n) is 3.49. The first kappa shape index (κ1) is 22.4. The summed E-state index contributed by atoms with van der Waals surface area (Å²) in [7, 11) is -2.67. The van der Waals surface area contributed by atoms with Gasteiger partial charge in [0.2, 0.25) is 0 Å². The average Bonchev–Trinajstić information content (AvgIpc) is 3.18. The minimum Gasteiger partial charge on any atom is -0.506 e. The molecule has 0 unspecified atom stereocenters.